The number of carbonyl (C=O) groups excluding carboxylic acids is 2. The summed E-state index contributed by atoms with van der Waals surface area (Å²) in [6, 6.07) is 20.1. The summed E-state index contributed by atoms with van der Waals surface area (Å²) in [5.41, 5.74) is 5.03. The fourth-order valence-corrected chi connectivity index (χ4v) is 4.59. The third-order valence-electron chi connectivity index (χ3n) is 5.21. The fraction of sp³-hybridized carbons (Fsp3) is 0.148. The van der Waals surface area contributed by atoms with Gasteiger partial charge in [0.15, 0.2) is 5.13 Å². The van der Waals surface area contributed by atoms with Crippen LogP contribution < -0.4 is 20.7 Å². The number of para-hydroxylation sites is 1. The quantitative estimate of drug-likeness (QED) is 0.272. The molecular formula is C27H26N4O3S. The molecule has 0 aliphatic heterocycles. The predicted octanol–water partition coefficient (Wildman–Crippen LogP) is 7.07. The Morgan fingerprint density at radius 3 is 2.20 bits per heavy atom. The molecule has 7 nitrogen and oxygen atoms in total. The van der Waals surface area contributed by atoms with Crippen LogP contribution in [0.3, 0.4) is 0 Å². The number of rotatable bonds is 6. The van der Waals surface area contributed by atoms with E-state index in [9.17, 15) is 9.59 Å². The van der Waals surface area contributed by atoms with Crippen LogP contribution in [0.4, 0.5) is 21.3 Å². The Bertz CT molecular complexity index is 1360. The van der Waals surface area contributed by atoms with Crippen molar-refractivity contribution in [2.45, 2.75) is 27.7 Å². The summed E-state index contributed by atoms with van der Waals surface area (Å²) >= 11 is 1.13. The van der Waals surface area contributed by atoms with Crippen molar-refractivity contribution in [2.75, 3.05) is 16.0 Å². The smallest absolute Gasteiger partial charge is 0.325 e. The fourth-order valence-electron chi connectivity index (χ4n) is 3.73. The summed E-state index contributed by atoms with van der Waals surface area (Å²) in [5.74, 6) is 1.04. The summed E-state index contributed by atoms with van der Waals surface area (Å²) in [7, 11) is 0. The molecule has 8 heteroatoms. The molecule has 4 aromatic rings. The van der Waals surface area contributed by atoms with Crippen molar-refractivity contribution < 1.29 is 14.3 Å². The van der Waals surface area contributed by atoms with E-state index in [1.54, 1.807) is 25.1 Å². The average Bonchev–Trinajstić information content (AvgIpc) is 3.16. The van der Waals surface area contributed by atoms with E-state index in [1.807, 2.05) is 69.3 Å². The molecule has 35 heavy (non-hydrogen) atoms. The number of hydrogen-bond donors (Lipinski definition) is 3. The van der Waals surface area contributed by atoms with Gasteiger partial charge in [-0.15, -0.1) is 0 Å². The maximum Gasteiger partial charge on any atom is 0.325 e. The Labute approximate surface area is 208 Å². The molecule has 0 bridgehead atoms. The molecule has 0 radical (unpaired) electrons. The van der Waals surface area contributed by atoms with Gasteiger partial charge in [-0.05, 0) is 63.1 Å². The number of amides is 3. The van der Waals surface area contributed by atoms with Crippen molar-refractivity contribution >= 4 is 39.8 Å². The van der Waals surface area contributed by atoms with Crippen LogP contribution in [0.1, 0.15) is 32.1 Å². The van der Waals surface area contributed by atoms with Crippen LogP contribution in [0, 0.1) is 27.7 Å². The molecule has 178 valence electrons. The highest BCUT2D eigenvalue weighted by Gasteiger charge is 2.18. The van der Waals surface area contributed by atoms with Crippen LogP contribution in [0.5, 0.6) is 11.5 Å². The van der Waals surface area contributed by atoms with Crippen LogP contribution >= 0.6 is 11.3 Å². The summed E-state index contributed by atoms with van der Waals surface area (Å²) in [6.45, 7) is 7.70. The van der Waals surface area contributed by atoms with Crippen LogP contribution in [-0.2, 0) is 0 Å². The molecule has 0 spiro atoms. The lowest BCUT2D eigenvalue weighted by molar-refractivity contribution is 0.102. The van der Waals surface area contributed by atoms with Gasteiger partial charge in [-0.2, -0.15) is 0 Å². The number of nitrogens with zero attached hydrogens (tertiary/aromatic N) is 1. The Kier molecular flexibility index (Phi) is 7.12. The first-order chi connectivity index (χ1) is 16.8. The first kappa shape index (κ1) is 24.0. The van der Waals surface area contributed by atoms with Crippen LogP contribution in [0.15, 0.2) is 66.7 Å². The highest BCUT2D eigenvalue weighted by Crippen LogP contribution is 2.28. The molecule has 0 aliphatic rings. The summed E-state index contributed by atoms with van der Waals surface area (Å²) in [6.07, 6.45) is 0. The van der Waals surface area contributed by atoms with Crippen molar-refractivity contribution in [3.05, 3.63) is 94.0 Å². The molecule has 0 saturated carbocycles. The Morgan fingerprint density at radius 2 is 1.49 bits per heavy atom. The van der Waals surface area contributed by atoms with Gasteiger partial charge in [0.2, 0.25) is 0 Å². The number of hydrogen-bond acceptors (Lipinski definition) is 5. The predicted molar refractivity (Wildman–Crippen MR) is 141 cm³/mol. The minimum absolute atomic E-state index is 0.255. The number of anilines is 3. The monoisotopic (exact) mass is 486 g/mol. The highest BCUT2D eigenvalue weighted by atomic mass is 32.1. The number of benzene rings is 3. The van der Waals surface area contributed by atoms with Crippen LogP contribution in [-0.4, -0.2) is 16.9 Å². The van der Waals surface area contributed by atoms with Gasteiger partial charge < -0.3 is 15.4 Å². The van der Waals surface area contributed by atoms with Crippen molar-refractivity contribution in [1.82, 2.24) is 4.98 Å². The Balaban J connectivity index is 1.40. The SMILES string of the molecule is Cc1cc(C)c(NC(=O)c2sc(NC(=O)Nc3cccc(Oc4ccccc4)c3)nc2C)c(C)c1. The molecule has 0 unspecified atom stereocenters. The van der Waals surface area contributed by atoms with E-state index in [2.05, 4.69) is 20.9 Å². The molecule has 0 saturated heterocycles. The molecular weight excluding hydrogens is 460 g/mol. The molecule has 0 atom stereocenters. The lowest BCUT2D eigenvalue weighted by Crippen LogP contribution is -2.19. The average molecular weight is 487 g/mol. The number of ether oxygens (including phenoxy) is 1. The largest absolute Gasteiger partial charge is 0.457 e. The van der Waals surface area contributed by atoms with Gasteiger partial charge in [0.05, 0.1) is 5.69 Å². The van der Waals surface area contributed by atoms with Gasteiger partial charge >= 0.3 is 6.03 Å². The van der Waals surface area contributed by atoms with E-state index in [-0.39, 0.29) is 5.91 Å². The lowest BCUT2D eigenvalue weighted by atomic mass is 10.1. The van der Waals surface area contributed by atoms with Crippen molar-refractivity contribution in [1.29, 1.82) is 0 Å². The van der Waals surface area contributed by atoms with Gasteiger partial charge in [-0.25, -0.2) is 9.78 Å². The Morgan fingerprint density at radius 1 is 0.800 bits per heavy atom. The number of carbonyl (C=O) groups is 2. The molecule has 3 aromatic carbocycles. The second-order valence-corrected chi connectivity index (χ2v) is 9.18. The van der Waals surface area contributed by atoms with Gasteiger partial charge in [0.1, 0.15) is 16.4 Å². The van der Waals surface area contributed by atoms with Gasteiger partial charge in [0, 0.05) is 17.4 Å². The standard InChI is InChI=1S/C27H26N4O3S/c1-16-13-17(2)23(18(3)14-16)30-25(32)24-19(4)28-27(35-24)31-26(33)29-20-9-8-12-22(15-20)34-21-10-6-5-7-11-21/h5-15H,1-4H3,(H,30,32)(H2,28,29,31,33). The second-order valence-electron chi connectivity index (χ2n) is 8.18. The lowest BCUT2D eigenvalue weighted by Gasteiger charge is -2.12. The van der Waals surface area contributed by atoms with E-state index in [0.29, 0.717) is 32.9 Å². The topological polar surface area (TPSA) is 92.4 Å². The highest BCUT2D eigenvalue weighted by molar-refractivity contribution is 7.17. The first-order valence-electron chi connectivity index (χ1n) is 11.1. The zero-order valence-corrected chi connectivity index (χ0v) is 20.7. The van der Waals surface area contributed by atoms with Crippen LogP contribution in [0.2, 0.25) is 0 Å². The molecule has 3 amide bonds. The summed E-state index contributed by atoms with van der Waals surface area (Å²) < 4.78 is 5.81. The molecule has 0 aliphatic carbocycles. The minimum Gasteiger partial charge on any atom is -0.457 e. The zero-order valence-electron chi connectivity index (χ0n) is 19.9. The van der Waals surface area contributed by atoms with Gasteiger partial charge in [-0.3, -0.25) is 10.1 Å². The van der Waals surface area contributed by atoms with Crippen molar-refractivity contribution in [2.24, 2.45) is 0 Å². The second kappa shape index (κ2) is 10.4. The van der Waals surface area contributed by atoms with E-state index in [0.717, 1.165) is 33.7 Å². The number of nitrogens with one attached hydrogen (secondary N) is 3. The van der Waals surface area contributed by atoms with E-state index in [4.69, 9.17) is 4.74 Å². The van der Waals surface area contributed by atoms with E-state index >= 15 is 0 Å². The van der Waals surface area contributed by atoms with Gasteiger partial charge in [0.25, 0.3) is 5.91 Å². The molecule has 0 fully saturated rings. The number of aryl methyl sites for hydroxylation is 4. The maximum atomic E-state index is 12.9. The Hall–Kier alpha value is -4.17. The zero-order chi connectivity index (χ0) is 24.9. The third-order valence-corrected chi connectivity index (χ3v) is 6.28. The normalized spacial score (nSPS) is 10.5. The van der Waals surface area contributed by atoms with Gasteiger partial charge in [-0.1, -0.05) is 53.3 Å². The summed E-state index contributed by atoms with van der Waals surface area (Å²) in [4.78, 5) is 30.3. The molecule has 1 heterocycles. The molecule has 3 N–H and O–H groups in total. The van der Waals surface area contributed by atoms with Crippen molar-refractivity contribution in [3.8, 4) is 11.5 Å². The minimum atomic E-state index is -0.465. The van der Waals surface area contributed by atoms with E-state index in [1.165, 1.54) is 0 Å². The number of aromatic nitrogens is 1. The number of urea groups is 1. The van der Waals surface area contributed by atoms with Crippen molar-refractivity contribution in [3.63, 3.8) is 0 Å². The first-order valence-corrected chi connectivity index (χ1v) is 11.9. The van der Waals surface area contributed by atoms with E-state index < -0.39 is 6.03 Å². The third kappa shape index (κ3) is 6.04. The van der Waals surface area contributed by atoms with Crippen LogP contribution in [0.25, 0.3) is 0 Å². The molecule has 1 aromatic heterocycles. The maximum absolute atomic E-state index is 12.9. The number of thiazole rings is 1. The molecule has 4 rings (SSSR count). The summed E-state index contributed by atoms with van der Waals surface area (Å²) in [5, 5.41) is 8.79.